The summed E-state index contributed by atoms with van der Waals surface area (Å²) in [5.41, 5.74) is 6.34. The lowest BCUT2D eigenvalue weighted by Gasteiger charge is -2.41. The van der Waals surface area contributed by atoms with Gasteiger partial charge in [0.05, 0.1) is 0 Å². The summed E-state index contributed by atoms with van der Waals surface area (Å²) in [6, 6.07) is 0. The molecule has 0 aromatic rings. The van der Waals surface area contributed by atoms with E-state index in [1.54, 1.807) is 22.3 Å². The van der Waals surface area contributed by atoms with E-state index < -0.39 is 0 Å². The third-order valence-corrected chi connectivity index (χ3v) is 4.90. The van der Waals surface area contributed by atoms with Crippen LogP contribution in [0.1, 0.15) is 48.0 Å². The molecule has 2 atom stereocenters. The van der Waals surface area contributed by atoms with Crippen LogP contribution in [0.5, 0.6) is 0 Å². The number of hydrogen-bond donors (Lipinski definition) is 0. The van der Waals surface area contributed by atoms with Crippen molar-refractivity contribution in [1.82, 2.24) is 0 Å². The number of rotatable bonds is 2. The molecule has 21 heavy (non-hydrogen) atoms. The van der Waals surface area contributed by atoms with E-state index >= 15 is 0 Å². The Balaban J connectivity index is 2.71. The highest BCUT2D eigenvalue weighted by Gasteiger charge is 2.37. The van der Waals surface area contributed by atoms with Crippen LogP contribution < -0.4 is 0 Å². The molecule has 0 radical (unpaired) electrons. The topological polar surface area (TPSA) is 0 Å². The van der Waals surface area contributed by atoms with E-state index in [-0.39, 0.29) is 0 Å². The zero-order valence-corrected chi connectivity index (χ0v) is 14.5. The Morgan fingerprint density at radius 1 is 0.905 bits per heavy atom. The molecule has 2 aliphatic rings. The van der Waals surface area contributed by atoms with Gasteiger partial charge in [0.15, 0.2) is 0 Å². The predicted octanol–water partition coefficient (Wildman–Crippen LogP) is 6.25. The van der Waals surface area contributed by atoms with Gasteiger partial charge in [-0.05, 0) is 48.8 Å². The molecular weight excluding hydrogens is 252 g/mol. The first-order valence-electron chi connectivity index (χ1n) is 8.41. The van der Waals surface area contributed by atoms with Gasteiger partial charge in [0.1, 0.15) is 0 Å². The fourth-order valence-corrected chi connectivity index (χ4v) is 4.15. The van der Waals surface area contributed by atoms with Crippen molar-refractivity contribution in [3.8, 4) is 0 Å². The van der Waals surface area contributed by atoms with Crippen molar-refractivity contribution in [2.45, 2.75) is 48.0 Å². The lowest BCUT2D eigenvalue weighted by atomic mass is 9.63. The van der Waals surface area contributed by atoms with Crippen LogP contribution in [0.2, 0.25) is 0 Å². The van der Waals surface area contributed by atoms with Crippen LogP contribution >= 0.6 is 0 Å². The van der Waals surface area contributed by atoms with Gasteiger partial charge in [-0.1, -0.05) is 69.7 Å². The summed E-state index contributed by atoms with van der Waals surface area (Å²) in [4.78, 5) is 0. The molecule has 0 aromatic heterocycles. The van der Waals surface area contributed by atoms with Gasteiger partial charge in [-0.3, -0.25) is 0 Å². The Hall–Kier alpha value is -1.30. The van der Waals surface area contributed by atoms with Crippen molar-refractivity contribution >= 4 is 0 Å². The second kappa shape index (κ2) is 6.64. The first kappa shape index (κ1) is 16.1. The third-order valence-electron chi connectivity index (χ3n) is 4.90. The summed E-state index contributed by atoms with van der Waals surface area (Å²) < 4.78 is 0. The lowest BCUT2D eigenvalue weighted by molar-refractivity contribution is 0.427. The normalized spacial score (nSPS) is 29.7. The molecule has 0 spiro atoms. The average Bonchev–Trinajstić information content (AvgIpc) is 2.68. The number of hydrogen-bond acceptors (Lipinski definition) is 0. The van der Waals surface area contributed by atoms with Crippen molar-refractivity contribution < 1.29 is 0 Å². The summed E-state index contributed by atoms with van der Waals surface area (Å²) in [7, 11) is 0. The van der Waals surface area contributed by atoms with Gasteiger partial charge >= 0.3 is 0 Å². The minimum Gasteiger partial charge on any atom is -0.0835 e. The lowest BCUT2D eigenvalue weighted by Crippen LogP contribution is -2.29. The van der Waals surface area contributed by atoms with Crippen molar-refractivity contribution in [3.05, 3.63) is 58.7 Å². The van der Waals surface area contributed by atoms with Gasteiger partial charge in [-0.15, -0.1) is 0 Å². The van der Waals surface area contributed by atoms with E-state index in [9.17, 15) is 0 Å². The van der Waals surface area contributed by atoms with E-state index in [0.29, 0.717) is 23.7 Å². The van der Waals surface area contributed by atoms with E-state index in [1.807, 2.05) is 0 Å². The van der Waals surface area contributed by atoms with Crippen LogP contribution in [0.4, 0.5) is 0 Å². The maximum Gasteiger partial charge on any atom is 0.0112 e. The molecule has 0 heterocycles. The molecular formula is C21H30. The second-order valence-corrected chi connectivity index (χ2v) is 6.90. The molecule has 0 fully saturated rings. The molecule has 2 aliphatic carbocycles. The summed E-state index contributed by atoms with van der Waals surface area (Å²) in [5.74, 6) is 2.39. The molecule has 2 rings (SSSR count). The smallest absolute Gasteiger partial charge is 0.0112 e. The summed E-state index contributed by atoms with van der Waals surface area (Å²) >= 11 is 0. The standard InChI is InChI=1S/C21H30/c1-7-16-17(8-2)21(15(5)6)19-13-11-9-10-12-18(19)20(16)14(3)4/h7-12,14-15,20-21H,13H2,1-6H3/b16-7?,17-8+. The van der Waals surface area contributed by atoms with E-state index in [1.165, 1.54) is 0 Å². The van der Waals surface area contributed by atoms with Crippen LogP contribution in [-0.4, -0.2) is 0 Å². The highest BCUT2D eigenvalue weighted by atomic mass is 14.4. The van der Waals surface area contributed by atoms with Gasteiger partial charge in [-0.25, -0.2) is 0 Å². The second-order valence-electron chi connectivity index (χ2n) is 6.90. The number of allylic oxidation sites excluding steroid dienone is 10. The molecule has 0 aromatic carbocycles. The maximum atomic E-state index is 2.37. The van der Waals surface area contributed by atoms with Crippen LogP contribution in [0, 0.1) is 23.7 Å². The molecule has 0 heteroatoms. The largest absolute Gasteiger partial charge is 0.0835 e. The monoisotopic (exact) mass is 282 g/mol. The molecule has 0 saturated heterocycles. The van der Waals surface area contributed by atoms with E-state index in [4.69, 9.17) is 0 Å². The van der Waals surface area contributed by atoms with Crippen LogP contribution in [0.15, 0.2) is 58.7 Å². The molecule has 0 aliphatic heterocycles. The summed E-state index contributed by atoms with van der Waals surface area (Å²) in [5, 5.41) is 0. The maximum absolute atomic E-state index is 2.37. The molecule has 0 N–H and O–H groups in total. The minimum absolute atomic E-state index is 0.544. The quantitative estimate of drug-likeness (QED) is 0.561. The van der Waals surface area contributed by atoms with E-state index in [0.717, 1.165) is 6.42 Å². The first-order valence-corrected chi connectivity index (χ1v) is 8.41. The molecule has 0 nitrogen and oxygen atoms in total. The van der Waals surface area contributed by atoms with Crippen molar-refractivity contribution in [3.63, 3.8) is 0 Å². The van der Waals surface area contributed by atoms with Crippen molar-refractivity contribution in [2.24, 2.45) is 23.7 Å². The Morgan fingerprint density at radius 3 is 2.00 bits per heavy atom. The van der Waals surface area contributed by atoms with Crippen LogP contribution in [0.3, 0.4) is 0 Å². The fraction of sp³-hybridized carbons (Fsp3) is 0.524. The summed E-state index contributed by atoms with van der Waals surface area (Å²) in [6.07, 6.45) is 14.9. The zero-order valence-electron chi connectivity index (χ0n) is 14.5. The highest BCUT2D eigenvalue weighted by Crippen LogP contribution is 2.49. The minimum atomic E-state index is 0.544. The zero-order chi connectivity index (χ0) is 15.6. The molecule has 0 bridgehead atoms. The Kier molecular flexibility index (Phi) is 5.08. The Morgan fingerprint density at radius 2 is 1.48 bits per heavy atom. The van der Waals surface area contributed by atoms with E-state index in [2.05, 4.69) is 78.0 Å². The van der Waals surface area contributed by atoms with Crippen LogP contribution in [0.25, 0.3) is 0 Å². The molecule has 0 saturated carbocycles. The van der Waals surface area contributed by atoms with Gasteiger partial charge < -0.3 is 0 Å². The SMILES string of the molecule is CC=C1/C(=C\C)C(C(C)C)C2=C(C=CC=CC2)C1C(C)C. The Bertz CT molecular complexity index is 532. The highest BCUT2D eigenvalue weighted by molar-refractivity contribution is 5.54. The predicted molar refractivity (Wildman–Crippen MR) is 94.1 cm³/mol. The average molecular weight is 282 g/mol. The molecule has 114 valence electrons. The fourth-order valence-electron chi connectivity index (χ4n) is 4.15. The van der Waals surface area contributed by atoms with Crippen molar-refractivity contribution in [1.29, 1.82) is 0 Å². The third kappa shape index (κ3) is 2.86. The van der Waals surface area contributed by atoms with Gasteiger partial charge in [-0.2, -0.15) is 0 Å². The molecule has 0 amide bonds. The first-order chi connectivity index (χ1) is 10.0. The van der Waals surface area contributed by atoms with Crippen molar-refractivity contribution in [2.75, 3.05) is 0 Å². The van der Waals surface area contributed by atoms with Gasteiger partial charge in [0, 0.05) is 11.8 Å². The van der Waals surface area contributed by atoms with Gasteiger partial charge in [0.25, 0.3) is 0 Å². The van der Waals surface area contributed by atoms with Gasteiger partial charge in [0.2, 0.25) is 0 Å². The Labute approximate surface area is 131 Å². The molecule has 2 unspecified atom stereocenters. The van der Waals surface area contributed by atoms with Crippen LogP contribution in [-0.2, 0) is 0 Å². The summed E-state index contributed by atoms with van der Waals surface area (Å²) in [6.45, 7) is 13.8.